The predicted molar refractivity (Wildman–Crippen MR) is 548 cm³/mol. The molecule has 0 atom stereocenters. The second-order valence-electron chi connectivity index (χ2n) is 31.8. The number of nitriles is 1. The van der Waals surface area contributed by atoms with Gasteiger partial charge in [-0.05, 0) is 195 Å². The number of nitrogens with one attached hydrogen (secondary N) is 1. The molecule has 34 heteroatoms. The molecular weight excluding hydrogens is 1940 g/mol. The summed E-state index contributed by atoms with van der Waals surface area (Å²) in [6.07, 6.45) is 0.671. The number of pyridine rings is 5. The average Bonchev–Trinajstić information content (AvgIpc) is 0.770. The Bertz CT molecular complexity index is 8850. The Morgan fingerprint density at radius 2 is 0.570 bits per heavy atom. The van der Waals surface area contributed by atoms with Gasteiger partial charge in [-0.3, -0.25) is 24.0 Å². The van der Waals surface area contributed by atoms with Gasteiger partial charge in [0.1, 0.15) is 28.5 Å². The third kappa shape index (κ3) is 23.3. The summed E-state index contributed by atoms with van der Waals surface area (Å²) in [6, 6.07) is 83.0. The summed E-state index contributed by atoms with van der Waals surface area (Å²) in [6.45, 7) is -1.65. The Balaban J connectivity index is 0.000000132. The van der Waals surface area contributed by atoms with Gasteiger partial charge in [0.15, 0.2) is 0 Å². The molecule has 142 heavy (non-hydrogen) atoms. The van der Waals surface area contributed by atoms with Crippen LogP contribution >= 0.6 is 69.6 Å². The van der Waals surface area contributed by atoms with Crippen LogP contribution in [0.3, 0.4) is 0 Å². The van der Waals surface area contributed by atoms with E-state index >= 15 is 4.39 Å². The van der Waals surface area contributed by atoms with E-state index in [-0.39, 0.29) is 138 Å². The fourth-order valence-electron chi connectivity index (χ4n) is 15.3. The standard InChI is InChI=1S/C23H20ClFN4O.C22H18ClFN4O.C22H17ClFN3O.C21H12ClFN4O.C20H12Cl2FN3O/c1-28(2)14-17-11-12-20(22(25)26-17)21-18-5-3-4-6-19(18)23(30)29(27-21)13-15-7-9-16(24)10-8-15;1-25-12-16-10-11-19(21(24)26-16)20-17-4-2-3-5-18(17)22(29)28(27-20)13-14-6-8-15(23)9-7-14;1-2-16-11-12-19(21(24)25-16)20-17-5-3-4-6-18(17)22(28)27(26-20)13-14-7-9-15(23)10-8-14;22-15-9-18(20(23)25-11-15)19-16-3-1-2-4-17(16)21(28)27(26-19)12-14-7-5-13(10-24)6-8-14;21-13-7-5-12(6-8-13)11-26-20(27)16-4-2-1-3-15(16)18(25-26)17-9-14(22)10-24-19(17)23/h3-12H,13-14H2,1-2H3;2-11,25H,12-13H2,1H3;3-12H,2,13H2,1H3;1-9,11H,12H2;1-10H,11H2/i14D2;12D2;2D2;;. The van der Waals surface area contributed by atoms with E-state index in [4.69, 9.17) is 83.1 Å². The molecule has 10 aromatic heterocycles. The molecule has 708 valence electrons. The monoisotopic (exact) mass is 2020 g/mol. The zero-order valence-electron chi connectivity index (χ0n) is 81.2. The van der Waals surface area contributed by atoms with Crippen LogP contribution in [0, 0.1) is 41.1 Å². The number of aromatic nitrogens is 15. The minimum atomic E-state index is -1.98. The van der Waals surface area contributed by atoms with Crippen LogP contribution in [0.2, 0.25) is 30.1 Å². The van der Waals surface area contributed by atoms with E-state index in [2.05, 4.69) is 61.8 Å². The predicted octanol–water partition coefficient (Wildman–Crippen LogP) is 22.4. The number of aryl methyl sites for hydroxylation is 1. The molecule has 10 aromatic carbocycles. The van der Waals surface area contributed by atoms with Crippen LogP contribution in [0.25, 0.3) is 110 Å². The lowest BCUT2D eigenvalue weighted by atomic mass is 10.1. The van der Waals surface area contributed by atoms with Crippen molar-refractivity contribution in [2.24, 2.45) is 0 Å². The van der Waals surface area contributed by atoms with Gasteiger partial charge in [-0.1, -0.05) is 228 Å². The number of benzene rings is 10. The van der Waals surface area contributed by atoms with Crippen molar-refractivity contribution in [2.45, 2.75) is 59.0 Å². The molecule has 23 nitrogen and oxygen atoms in total. The summed E-state index contributed by atoms with van der Waals surface area (Å²) < 4.78 is 128. The Morgan fingerprint density at radius 3 is 0.831 bits per heavy atom. The van der Waals surface area contributed by atoms with E-state index in [1.54, 1.807) is 245 Å². The first-order valence-electron chi connectivity index (χ1n) is 46.3. The minimum absolute atomic E-state index is 0.0115. The third-order valence-electron chi connectivity index (χ3n) is 22.0. The van der Waals surface area contributed by atoms with Crippen molar-refractivity contribution in [3.05, 3.63) is 466 Å². The van der Waals surface area contributed by atoms with Crippen LogP contribution in [0.15, 0.2) is 328 Å². The molecule has 10 heterocycles. The van der Waals surface area contributed by atoms with E-state index < -0.39 is 49.1 Å². The number of rotatable bonds is 20. The summed E-state index contributed by atoms with van der Waals surface area (Å²) in [4.78, 5) is 84.9. The molecule has 0 unspecified atom stereocenters. The van der Waals surface area contributed by atoms with Crippen molar-refractivity contribution >= 4 is 123 Å². The molecule has 0 fully saturated rings. The second kappa shape index (κ2) is 45.1. The molecule has 20 rings (SSSR count). The molecule has 0 spiro atoms. The maximum Gasteiger partial charge on any atom is 0.274 e. The zero-order valence-corrected chi connectivity index (χ0v) is 79.7. The maximum atomic E-state index is 15.1. The molecule has 0 saturated carbocycles. The van der Waals surface area contributed by atoms with Crippen molar-refractivity contribution in [1.82, 2.24) is 84.0 Å². The van der Waals surface area contributed by atoms with Gasteiger partial charge in [0, 0.05) is 86.3 Å². The topological polar surface area (TPSA) is 278 Å². The van der Waals surface area contributed by atoms with Crippen LogP contribution < -0.4 is 33.1 Å². The number of hydrogen-bond donors (Lipinski definition) is 1. The molecule has 0 saturated heterocycles. The lowest BCUT2D eigenvalue weighted by molar-refractivity contribution is 0.393. The Labute approximate surface area is 845 Å². The highest BCUT2D eigenvalue weighted by atomic mass is 35.5. The first-order chi connectivity index (χ1) is 70.8. The van der Waals surface area contributed by atoms with Crippen LogP contribution in [0.4, 0.5) is 22.0 Å². The van der Waals surface area contributed by atoms with Crippen LogP contribution in [-0.2, 0) is 52.1 Å². The number of nitrogens with zero attached hydrogens (tertiary/aromatic N) is 17. The van der Waals surface area contributed by atoms with Crippen molar-refractivity contribution in [3.63, 3.8) is 0 Å². The van der Waals surface area contributed by atoms with Gasteiger partial charge in [0.05, 0.1) is 121 Å². The maximum absolute atomic E-state index is 15.1. The van der Waals surface area contributed by atoms with Crippen molar-refractivity contribution in [3.8, 4) is 62.4 Å². The van der Waals surface area contributed by atoms with Crippen LogP contribution in [0.1, 0.15) is 65.6 Å². The van der Waals surface area contributed by atoms with Gasteiger partial charge in [0.2, 0.25) is 29.7 Å². The van der Waals surface area contributed by atoms with E-state index in [1.807, 2.05) is 12.1 Å². The quantitative estimate of drug-likeness (QED) is 0.0548. The summed E-state index contributed by atoms with van der Waals surface area (Å²) in [5.41, 5.74) is 4.94. The van der Waals surface area contributed by atoms with Crippen LogP contribution in [0.5, 0.6) is 0 Å². The van der Waals surface area contributed by atoms with Gasteiger partial charge in [-0.25, -0.2) is 48.3 Å². The smallest absolute Gasteiger partial charge is 0.274 e. The Hall–Kier alpha value is -15.6. The van der Waals surface area contributed by atoms with E-state index in [9.17, 15) is 41.5 Å². The molecule has 20 aromatic rings. The Kier molecular flexibility index (Phi) is 29.1. The molecule has 0 aliphatic rings. The van der Waals surface area contributed by atoms with Crippen molar-refractivity contribution in [2.75, 3.05) is 21.1 Å². The van der Waals surface area contributed by atoms with Gasteiger partial charge >= 0.3 is 0 Å². The normalized spacial score (nSPS) is 12.0. The van der Waals surface area contributed by atoms with Crippen LogP contribution in [-0.4, -0.2) is 99.9 Å². The largest absolute Gasteiger partial charge is 0.314 e. The second-order valence-corrected chi connectivity index (χ2v) is 34.4. The van der Waals surface area contributed by atoms with Crippen molar-refractivity contribution < 1.29 is 30.2 Å². The highest BCUT2D eigenvalue weighted by molar-refractivity contribution is 6.32. The lowest BCUT2D eigenvalue weighted by Crippen LogP contribution is -2.24. The molecule has 0 radical (unpaired) electrons. The summed E-state index contributed by atoms with van der Waals surface area (Å²) in [7, 11) is 4.53. The minimum Gasteiger partial charge on any atom is -0.314 e. The fourth-order valence-corrected chi connectivity index (χ4v) is 16.1. The molecule has 0 aliphatic heterocycles. The summed E-state index contributed by atoms with van der Waals surface area (Å²) in [5.74, 6) is -3.99. The summed E-state index contributed by atoms with van der Waals surface area (Å²) >= 11 is 35.7. The zero-order chi connectivity index (χ0) is 105. The van der Waals surface area contributed by atoms with Gasteiger partial charge in [-0.15, -0.1) is 0 Å². The lowest BCUT2D eigenvalue weighted by Gasteiger charge is -2.13. The molecule has 0 amide bonds. The molecule has 0 aliphatic carbocycles. The van der Waals surface area contributed by atoms with E-state index in [1.165, 1.54) is 103 Å². The van der Waals surface area contributed by atoms with Crippen molar-refractivity contribution in [1.29, 1.82) is 5.26 Å². The first-order valence-corrected chi connectivity index (χ1v) is 45.6. The van der Waals surface area contributed by atoms with Gasteiger partial charge in [0.25, 0.3) is 27.8 Å². The van der Waals surface area contributed by atoms with E-state index in [0.717, 1.165) is 27.8 Å². The number of fused-ring (bicyclic) bond motifs is 5. The number of halogens is 11. The van der Waals surface area contributed by atoms with Gasteiger partial charge in [-0.2, -0.15) is 52.7 Å². The molecule has 1 N–H and O–H groups in total. The SMILES string of the molecule is N#Cc1ccc(Cn2nc(-c3cc(Cl)cnc3F)c3ccccc3c2=O)cc1.O=c1c2ccccc2c(-c2cc(Cl)cnc2F)nn1Cc1ccc(Cl)cc1.[2H]C([2H])(C)c1ccc(-c2nn(Cc3ccc(Cl)cc3)c(=O)c3ccccc23)c(F)n1.[2H]C([2H])(NC)c1ccc(-c2nn(Cc3ccc(Cl)cc3)c(=O)c3ccccc23)c(F)n1.[2H]C([2H])(c1ccc(-c2nn(Cc3ccc(Cl)cc3)c(=O)c3ccccc23)c(F)n1)N(C)C. The summed E-state index contributed by atoms with van der Waals surface area (Å²) in [5, 5.41) is 41.1. The van der Waals surface area contributed by atoms with E-state index in [0.29, 0.717) is 85.2 Å². The molecule has 0 bridgehead atoms. The fraction of sp³-hybridized carbons (Fsp3) is 0.111. The Morgan fingerprint density at radius 1 is 0.324 bits per heavy atom. The first kappa shape index (κ1) is 91.5. The highest BCUT2D eigenvalue weighted by Crippen LogP contribution is 2.35. The number of hydrogen-bond acceptors (Lipinski definition) is 18. The molecular formula is C108H79Cl6F5N18O5. The average molecular weight is 2020 g/mol. The highest BCUT2D eigenvalue weighted by Gasteiger charge is 2.25. The van der Waals surface area contributed by atoms with Gasteiger partial charge < -0.3 is 10.2 Å². The third-order valence-corrected chi connectivity index (χ3v) is 23.4.